The number of carbonyl (C=O) groups excluding carboxylic acids is 2. The van der Waals surface area contributed by atoms with Crippen molar-refractivity contribution in [2.45, 2.75) is 51.1 Å². The Balaban J connectivity index is 4.96. The molecule has 0 bridgehead atoms. The summed E-state index contributed by atoms with van der Waals surface area (Å²) in [7, 11) is 1.22. The van der Waals surface area contributed by atoms with Crippen molar-refractivity contribution in [1.82, 2.24) is 0 Å². The Morgan fingerprint density at radius 1 is 1.39 bits per heavy atom. The Bertz CT molecular complexity index is 281. The van der Waals surface area contributed by atoms with Gasteiger partial charge in [0.2, 0.25) is 0 Å². The fourth-order valence-electron chi connectivity index (χ4n) is 1.77. The van der Waals surface area contributed by atoms with Gasteiger partial charge >= 0.3 is 0 Å². The van der Waals surface area contributed by atoms with Crippen molar-refractivity contribution >= 4 is 12.1 Å². The zero-order chi connectivity index (χ0) is 14.5. The molecule has 0 saturated heterocycles. The van der Waals surface area contributed by atoms with Crippen LogP contribution in [0.4, 0.5) is 0 Å². The molecule has 6 nitrogen and oxygen atoms in total. The molecule has 0 aliphatic rings. The van der Waals surface area contributed by atoms with E-state index < -0.39 is 35.6 Å². The molecule has 0 aliphatic carbocycles. The van der Waals surface area contributed by atoms with Crippen LogP contribution in [0.2, 0.25) is 0 Å². The molecule has 0 rings (SSSR count). The van der Waals surface area contributed by atoms with Crippen LogP contribution in [0.5, 0.6) is 0 Å². The van der Waals surface area contributed by atoms with Crippen molar-refractivity contribution in [3.8, 4) is 0 Å². The number of aliphatic hydroxyl groups is 3. The lowest BCUT2D eigenvalue weighted by atomic mass is 9.84. The van der Waals surface area contributed by atoms with Crippen LogP contribution < -0.4 is 0 Å². The molecule has 0 aromatic rings. The molecule has 3 N–H and O–H groups in total. The zero-order valence-electron chi connectivity index (χ0n) is 11.2. The van der Waals surface area contributed by atoms with Gasteiger partial charge in [0.1, 0.15) is 11.9 Å². The van der Waals surface area contributed by atoms with Gasteiger partial charge in [0.05, 0.1) is 23.7 Å². The maximum Gasteiger partial charge on any atom is 0.151 e. The van der Waals surface area contributed by atoms with E-state index in [4.69, 9.17) is 4.74 Å². The van der Waals surface area contributed by atoms with Gasteiger partial charge in [0.15, 0.2) is 6.29 Å². The molecule has 4 atom stereocenters. The first kappa shape index (κ1) is 17.2. The highest BCUT2D eigenvalue weighted by atomic mass is 16.5. The lowest BCUT2D eigenvalue weighted by Gasteiger charge is -2.29. The fourth-order valence-corrected chi connectivity index (χ4v) is 1.77. The van der Waals surface area contributed by atoms with Crippen molar-refractivity contribution in [3.05, 3.63) is 0 Å². The summed E-state index contributed by atoms with van der Waals surface area (Å²) >= 11 is 0. The highest BCUT2D eigenvalue weighted by molar-refractivity contribution is 5.83. The predicted molar refractivity (Wildman–Crippen MR) is 64.0 cm³/mol. The summed E-state index contributed by atoms with van der Waals surface area (Å²) in [6.45, 7) is 4.24. The number of ketones is 1. The minimum atomic E-state index is -1.44. The molecule has 0 aromatic carbocycles. The number of aldehydes is 1. The second-order valence-electron chi connectivity index (χ2n) is 5.05. The average molecular weight is 262 g/mol. The quantitative estimate of drug-likeness (QED) is 0.499. The van der Waals surface area contributed by atoms with Gasteiger partial charge < -0.3 is 24.9 Å². The molecule has 0 aliphatic heterocycles. The van der Waals surface area contributed by atoms with E-state index in [0.717, 1.165) is 0 Å². The molecule has 6 heteroatoms. The van der Waals surface area contributed by atoms with Gasteiger partial charge in [-0.05, 0) is 20.8 Å². The summed E-state index contributed by atoms with van der Waals surface area (Å²) in [5.74, 6) is -1.69. The number of hydrogen-bond donors (Lipinski definition) is 3. The first-order valence-electron chi connectivity index (χ1n) is 5.73. The summed E-state index contributed by atoms with van der Waals surface area (Å²) in [5.41, 5.74) is -1.24. The van der Waals surface area contributed by atoms with Crippen LogP contribution in [-0.4, -0.2) is 58.4 Å². The number of aliphatic hydroxyl groups excluding tert-OH is 2. The molecule has 106 valence electrons. The summed E-state index contributed by atoms with van der Waals surface area (Å²) in [5, 5.41) is 29.0. The number of carbonyl (C=O) groups is 2. The van der Waals surface area contributed by atoms with E-state index in [2.05, 4.69) is 0 Å². The zero-order valence-corrected chi connectivity index (χ0v) is 11.2. The van der Waals surface area contributed by atoms with Crippen molar-refractivity contribution in [2.75, 3.05) is 7.11 Å². The highest BCUT2D eigenvalue weighted by Crippen LogP contribution is 2.20. The Morgan fingerprint density at radius 2 is 1.89 bits per heavy atom. The molecule has 0 saturated carbocycles. The lowest BCUT2D eigenvalue weighted by Crippen LogP contribution is -2.46. The summed E-state index contributed by atoms with van der Waals surface area (Å²) in [6.07, 6.45) is -3.63. The van der Waals surface area contributed by atoms with Gasteiger partial charge in [0, 0.05) is 13.5 Å². The van der Waals surface area contributed by atoms with Crippen LogP contribution in [0.1, 0.15) is 27.2 Å². The second kappa shape index (κ2) is 6.94. The van der Waals surface area contributed by atoms with E-state index in [9.17, 15) is 24.9 Å². The van der Waals surface area contributed by atoms with Crippen LogP contribution >= 0.6 is 0 Å². The van der Waals surface area contributed by atoms with Gasteiger partial charge in [0.25, 0.3) is 0 Å². The van der Waals surface area contributed by atoms with Crippen LogP contribution in [-0.2, 0) is 14.3 Å². The minimum Gasteiger partial charge on any atom is -0.393 e. The summed E-state index contributed by atoms with van der Waals surface area (Å²) < 4.78 is 4.73. The third-order valence-electron chi connectivity index (χ3n) is 2.61. The Kier molecular flexibility index (Phi) is 6.62. The Labute approximate surface area is 107 Å². The fraction of sp³-hybridized carbons (Fsp3) is 0.833. The first-order chi connectivity index (χ1) is 8.14. The van der Waals surface area contributed by atoms with E-state index in [1.807, 2.05) is 0 Å². The number of rotatable bonds is 8. The van der Waals surface area contributed by atoms with Gasteiger partial charge in [-0.15, -0.1) is 0 Å². The smallest absolute Gasteiger partial charge is 0.151 e. The standard InChI is InChI=1S/C12H22O6/c1-7(14)10(8(15)5-12(2,3)17)11(16)9(6-13)18-4/h6-7,9-11,14,16-17H,5H2,1-4H3/t7-,9+,10+,11-/m1/s1. The Hall–Kier alpha value is -0.820. The highest BCUT2D eigenvalue weighted by Gasteiger charge is 2.37. The molecule has 0 spiro atoms. The number of hydrogen-bond acceptors (Lipinski definition) is 6. The van der Waals surface area contributed by atoms with E-state index in [-0.39, 0.29) is 6.42 Å². The third kappa shape index (κ3) is 5.22. The lowest BCUT2D eigenvalue weighted by molar-refractivity contribution is -0.144. The number of methoxy groups -OCH3 is 1. The van der Waals surface area contributed by atoms with E-state index in [0.29, 0.717) is 6.29 Å². The molecule has 0 heterocycles. The van der Waals surface area contributed by atoms with Crippen molar-refractivity contribution < 1.29 is 29.6 Å². The molecular formula is C12H22O6. The monoisotopic (exact) mass is 262 g/mol. The third-order valence-corrected chi connectivity index (χ3v) is 2.61. The van der Waals surface area contributed by atoms with Gasteiger partial charge in [-0.25, -0.2) is 0 Å². The molecular weight excluding hydrogens is 240 g/mol. The number of ether oxygens (including phenoxy) is 1. The molecule has 18 heavy (non-hydrogen) atoms. The summed E-state index contributed by atoms with van der Waals surface area (Å²) in [4.78, 5) is 22.6. The van der Waals surface area contributed by atoms with Crippen molar-refractivity contribution in [2.24, 2.45) is 5.92 Å². The molecule has 0 aromatic heterocycles. The predicted octanol–water partition coefficient (Wildman–Crippen LogP) is -0.712. The largest absolute Gasteiger partial charge is 0.393 e. The van der Waals surface area contributed by atoms with Crippen LogP contribution in [0.25, 0.3) is 0 Å². The Morgan fingerprint density at radius 3 is 2.17 bits per heavy atom. The average Bonchev–Trinajstić information content (AvgIpc) is 2.15. The van der Waals surface area contributed by atoms with Crippen molar-refractivity contribution in [3.63, 3.8) is 0 Å². The molecule has 0 radical (unpaired) electrons. The minimum absolute atomic E-state index is 0.227. The second-order valence-corrected chi connectivity index (χ2v) is 5.05. The first-order valence-corrected chi connectivity index (χ1v) is 5.73. The van der Waals surface area contributed by atoms with Crippen LogP contribution in [0.3, 0.4) is 0 Å². The summed E-state index contributed by atoms with van der Waals surface area (Å²) in [6, 6.07) is 0. The van der Waals surface area contributed by atoms with E-state index in [1.54, 1.807) is 0 Å². The van der Waals surface area contributed by atoms with E-state index in [1.165, 1.54) is 27.9 Å². The molecule has 0 fully saturated rings. The molecule has 0 unspecified atom stereocenters. The van der Waals surface area contributed by atoms with Gasteiger partial charge in [-0.3, -0.25) is 4.79 Å². The van der Waals surface area contributed by atoms with Gasteiger partial charge in [-0.1, -0.05) is 0 Å². The van der Waals surface area contributed by atoms with E-state index >= 15 is 0 Å². The van der Waals surface area contributed by atoms with Crippen molar-refractivity contribution in [1.29, 1.82) is 0 Å². The number of Topliss-reactive ketones (excluding diaryl/α,β-unsaturated/α-hetero) is 1. The molecule has 0 amide bonds. The maximum atomic E-state index is 11.9. The normalized spacial score (nSPS) is 18.8. The SMILES string of the molecule is CO[C@@H](C=O)[C@@H](O)[C@H](C(=O)CC(C)(C)O)[C@@H](C)O. The van der Waals surface area contributed by atoms with Gasteiger partial charge in [-0.2, -0.15) is 0 Å². The maximum absolute atomic E-state index is 11.9. The van der Waals surface area contributed by atoms with Crippen LogP contribution in [0.15, 0.2) is 0 Å². The van der Waals surface area contributed by atoms with Crippen LogP contribution in [0, 0.1) is 5.92 Å². The topological polar surface area (TPSA) is 104 Å².